The molecule has 0 amide bonds. The first-order chi connectivity index (χ1) is 9.22. The molecule has 0 unspecified atom stereocenters. The van der Waals surface area contributed by atoms with Crippen LogP contribution in [0.4, 0.5) is 0 Å². The zero-order chi connectivity index (χ0) is 13.7. The van der Waals surface area contributed by atoms with Gasteiger partial charge in [0.1, 0.15) is 0 Å². The van der Waals surface area contributed by atoms with Crippen molar-refractivity contribution in [3.63, 3.8) is 0 Å². The fourth-order valence-electron chi connectivity index (χ4n) is 1.59. The SMILES string of the molecule is CCOc1ccccc1OC(=O)c1ccccc1Br. The molecule has 0 atom stereocenters. The number of halogens is 1. The van der Waals surface area contributed by atoms with Gasteiger partial charge in [0, 0.05) is 4.47 Å². The Bertz CT molecular complexity index is 581. The average Bonchev–Trinajstić information content (AvgIpc) is 2.41. The Balaban J connectivity index is 2.22. The normalized spacial score (nSPS) is 10.0. The van der Waals surface area contributed by atoms with Crippen molar-refractivity contribution in [2.24, 2.45) is 0 Å². The van der Waals surface area contributed by atoms with Gasteiger partial charge < -0.3 is 9.47 Å². The Hall–Kier alpha value is -1.81. The molecular weight excluding hydrogens is 308 g/mol. The molecule has 3 nitrogen and oxygen atoms in total. The van der Waals surface area contributed by atoms with E-state index in [0.29, 0.717) is 28.1 Å². The minimum absolute atomic E-state index is 0.417. The molecule has 0 saturated carbocycles. The minimum Gasteiger partial charge on any atom is -0.490 e. The van der Waals surface area contributed by atoms with Gasteiger partial charge in [0.2, 0.25) is 0 Å². The summed E-state index contributed by atoms with van der Waals surface area (Å²) < 4.78 is 11.5. The van der Waals surface area contributed by atoms with Crippen molar-refractivity contribution in [3.05, 3.63) is 58.6 Å². The van der Waals surface area contributed by atoms with E-state index in [2.05, 4.69) is 15.9 Å². The van der Waals surface area contributed by atoms with Gasteiger partial charge >= 0.3 is 5.97 Å². The van der Waals surface area contributed by atoms with Crippen molar-refractivity contribution in [2.45, 2.75) is 6.92 Å². The van der Waals surface area contributed by atoms with Crippen LogP contribution in [-0.4, -0.2) is 12.6 Å². The molecule has 0 aliphatic carbocycles. The number of esters is 1. The predicted octanol–water partition coefficient (Wildman–Crippen LogP) is 4.07. The molecule has 0 fully saturated rings. The summed E-state index contributed by atoms with van der Waals surface area (Å²) in [6, 6.07) is 14.2. The molecule has 19 heavy (non-hydrogen) atoms. The van der Waals surface area contributed by atoms with Gasteiger partial charge in [-0.1, -0.05) is 24.3 Å². The van der Waals surface area contributed by atoms with Gasteiger partial charge in [0.05, 0.1) is 12.2 Å². The number of para-hydroxylation sites is 2. The summed E-state index contributed by atoms with van der Waals surface area (Å²) in [5.74, 6) is 0.565. The number of rotatable bonds is 4. The topological polar surface area (TPSA) is 35.5 Å². The van der Waals surface area contributed by atoms with E-state index in [9.17, 15) is 4.79 Å². The summed E-state index contributed by atoms with van der Waals surface area (Å²) in [6.45, 7) is 2.40. The van der Waals surface area contributed by atoms with Crippen LogP contribution in [0.1, 0.15) is 17.3 Å². The van der Waals surface area contributed by atoms with Gasteiger partial charge in [-0.05, 0) is 47.1 Å². The number of carbonyl (C=O) groups is 1. The molecule has 2 rings (SSSR count). The number of hydrogen-bond donors (Lipinski definition) is 0. The van der Waals surface area contributed by atoms with Gasteiger partial charge in [-0.25, -0.2) is 4.79 Å². The highest BCUT2D eigenvalue weighted by Crippen LogP contribution is 2.28. The van der Waals surface area contributed by atoms with Gasteiger partial charge in [-0.2, -0.15) is 0 Å². The number of benzene rings is 2. The molecule has 0 N–H and O–H groups in total. The second-order valence-corrected chi connectivity index (χ2v) is 4.60. The van der Waals surface area contributed by atoms with Gasteiger partial charge in [-0.15, -0.1) is 0 Å². The fraction of sp³-hybridized carbons (Fsp3) is 0.133. The largest absolute Gasteiger partial charge is 0.490 e. The zero-order valence-electron chi connectivity index (χ0n) is 10.4. The lowest BCUT2D eigenvalue weighted by Gasteiger charge is -2.10. The lowest BCUT2D eigenvalue weighted by atomic mass is 10.2. The second-order valence-electron chi connectivity index (χ2n) is 3.75. The van der Waals surface area contributed by atoms with E-state index in [1.807, 2.05) is 19.1 Å². The molecule has 98 valence electrons. The van der Waals surface area contributed by atoms with Crippen LogP contribution in [0.25, 0.3) is 0 Å². The molecule has 0 aliphatic rings. The first-order valence-corrected chi connectivity index (χ1v) is 6.70. The van der Waals surface area contributed by atoms with Crippen LogP contribution < -0.4 is 9.47 Å². The number of carbonyl (C=O) groups excluding carboxylic acids is 1. The minimum atomic E-state index is -0.417. The van der Waals surface area contributed by atoms with Gasteiger partial charge in [-0.3, -0.25) is 0 Å². The fourth-order valence-corrected chi connectivity index (χ4v) is 2.04. The van der Waals surface area contributed by atoms with E-state index in [-0.39, 0.29) is 0 Å². The molecule has 0 radical (unpaired) electrons. The molecule has 0 aromatic heterocycles. The predicted molar refractivity (Wildman–Crippen MR) is 76.7 cm³/mol. The first kappa shape index (κ1) is 13.6. The Labute approximate surface area is 120 Å². The Morgan fingerprint density at radius 3 is 2.37 bits per heavy atom. The number of hydrogen-bond acceptors (Lipinski definition) is 3. The van der Waals surface area contributed by atoms with Gasteiger partial charge in [0.15, 0.2) is 11.5 Å². The van der Waals surface area contributed by atoms with E-state index < -0.39 is 5.97 Å². The van der Waals surface area contributed by atoms with Crippen LogP contribution in [0, 0.1) is 0 Å². The molecule has 0 heterocycles. The highest BCUT2D eigenvalue weighted by atomic mass is 79.9. The summed E-state index contributed by atoms with van der Waals surface area (Å²) in [7, 11) is 0. The molecule has 2 aromatic carbocycles. The third-order valence-electron chi connectivity index (χ3n) is 2.45. The van der Waals surface area contributed by atoms with Crippen molar-refractivity contribution in [2.75, 3.05) is 6.61 Å². The second kappa shape index (κ2) is 6.38. The maximum atomic E-state index is 12.1. The van der Waals surface area contributed by atoms with Crippen LogP contribution in [0.2, 0.25) is 0 Å². The van der Waals surface area contributed by atoms with Crippen molar-refractivity contribution in [1.82, 2.24) is 0 Å². The Morgan fingerprint density at radius 2 is 1.68 bits per heavy atom. The summed E-state index contributed by atoms with van der Waals surface area (Å²) >= 11 is 3.33. The zero-order valence-corrected chi connectivity index (χ0v) is 12.0. The monoisotopic (exact) mass is 320 g/mol. The first-order valence-electron chi connectivity index (χ1n) is 5.91. The van der Waals surface area contributed by atoms with E-state index in [1.54, 1.807) is 36.4 Å². The molecule has 0 aliphatic heterocycles. The Kier molecular flexibility index (Phi) is 4.58. The summed E-state index contributed by atoms with van der Waals surface area (Å²) in [5.41, 5.74) is 0.480. The third-order valence-corrected chi connectivity index (χ3v) is 3.14. The molecule has 0 saturated heterocycles. The summed E-state index contributed by atoms with van der Waals surface area (Å²) in [4.78, 5) is 12.1. The van der Waals surface area contributed by atoms with Crippen LogP contribution in [0.15, 0.2) is 53.0 Å². The standard InChI is InChI=1S/C15H13BrO3/c1-2-18-13-9-5-6-10-14(13)19-15(17)11-7-3-4-8-12(11)16/h3-10H,2H2,1H3. The third kappa shape index (κ3) is 3.35. The lowest BCUT2D eigenvalue weighted by molar-refractivity contribution is 0.0727. The maximum Gasteiger partial charge on any atom is 0.344 e. The molecule has 2 aromatic rings. The van der Waals surface area contributed by atoms with Gasteiger partial charge in [0.25, 0.3) is 0 Å². The van der Waals surface area contributed by atoms with E-state index >= 15 is 0 Å². The highest BCUT2D eigenvalue weighted by Gasteiger charge is 2.14. The molecule has 4 heteroatoms. The van der Waals surface area contributed by atoms with Crippen LogP contribution in [0.5, 0.6) is 11.5 Å². The van der Waals surface area contributed by atoms with Crippen molar-refractivity contribution >= 4 is 21.9 Å². The van der Waals surface area contributed by atoms with Crippen molar-refractivity contribution < 1.29 is 14.3 Å². The van der Waals surface area contributed by atoms with Crippen LogP contribution in [-0.2, 0) is 0 Å². The maximum absolute atomic E-state index is 12.1. The molecule has 0 bridgehead atoms. The van der Waals surface area contributed by atoms with E-state index in [0.717, 1.165) is 0 Å². The smallest absolute Gasteiger partial charge is 0.344 e. The quantitative estimate of drug-likeness (QED) is 0.629. The van der Waals surface area contributed by atoms with E-state index in [1.165, 1.54) is 0 Å². The van der Waals surface area contributed by atoms with Crippen LogP contribution >= 0.6 is 15.9 Å². The van der Waals surface area contributed by atoms with Crippen molar-refractivity contribution in [3.8, 4) is 11.5 Å². The van der Waals surface area contributed by atoms with E-state index in [4.69, 9.17) is 9.47 Å². The Morgan fingerprint density at radius 1 is 1.05 bits per heavy atom. The van der Waals surface area contributed by atoms with Crippen LogP contribution in [0.3, 0.4) is 0 Å². The average molecular weight is 321 g/mol. The molecular formula is C15H13BrO3. The molecule has 0 spiro atoms. The summed E-state index contributed by atoms with van der Waals surface area (Å²) in [6.07, 6.45) is 0. The lowest BCUT2D eigenvalue weighted by Crippen LogP contribution is -2.10. The van der Waals surface area contributed by atoms with Crippen molar-refractivity contribution in [1.29, 1.82) is 0 Å². The highest BCUT2D eigenvalue weighted by molar-refractivity contribution is 9.10. The number of ether oxygens (including phenoxy) is 2. The summed E-state index contributed by atoms with van der Waals surface area (Å²) in [5, 5.41) is 0.